The number of nitrogens with one attached hydrogen (secondary N) is 1. The molecule has 40 heavy (non-hydrogen) atoms. The largest absolute Gasteiger partial charge is 0.400 e. The van der Waals surface area contributed by atoms with Gasteiger partial charge >= 0.3 is 17.6 Å². The zero-order valence-electron chi connectivity index (χ0n) is 20.3. The Labute approximate surface area is 229 Å². The molecule has 212 valence electrons. The third kappa shape index (κ3) is 6.62. The number of hydrogen-bond donors (Lipinski definition) is 2. The summed E-state index contributed by atoms with van der Waals surface area (Å²) < 4.78 is 81.9. The zero-order chi connectivity index (χ0) is 29.4. The van der Waals surface area contributed by atoms with Gasteiger partial charge in [-0.15, -0.1) is 11.8 Å². The van der Waals surface area contributed by atoms with E-state index in [9.17, 15) is 35.9 Å². The maximum absolute atomic E-state index is 14.5. The van der Waals surface area contributed by atoms with Gasteiger partial charge in [-0.05, 0) is 23.6 Å². The molecule has 2 aromatic heterocycles. The minimum Gasteiger partial charge on any atom is -0.400 e. The lowest BCUT2D eigenvalue weighted by molar-refractivity contribution is -0.105. The van der Waals surface area contributed by atoms with Crippen LogP contribution in [0.3, 0.4) is 0 Å². The summed E-state index contributed by atoms with van der Waals surface area (Å²) in [7, 11) is 1.68. The molecule has 0 aliphatic carbocycles. The Kier molecular flexibility index (Phi) is 8.20. The summed E-state index contributed by atoms with van der Waals surface area (Å²) in [4.78, 5) is 30.0. The van der Waals surface area contributed by atoms with Crippen molar-refractivity contribution in [2.24, 2.45) is 12.8 Å². The fraction of sp³-hybridized carbons (Fsp3) is 0.217. The van der Waals surface area contributed by atoms with Gasteiger partial charge in [-0.2, -0.15) is 23.3 Å². The highest BCUT2D eigenvalue weighted by atomic mass is 35.5. The predicted octanol–water partition coefficient (Wildman–Crippen LogP) is 4.25. The van der Waals surface area contributed by atoms with Crippen molar-refractivity contribution >= 4 is 45.9 Å². The SMILES string of the molecule is Cn1cc2cc(Nc3nc(=O)n(C/C(N)=C/SCC(F)(F)F)c(=O)n3Cc3cc(F)c(F)cc3F)c(Cl)cc2n1. The summed E-state index contributed by atoms with van der Waals surface area (Å²) in [5.74, 6) is -5.73. The second kappa shape index (κ2) is 11.3. The normalized spacial score (nSPS) is 12.3. The number of nitrogens with zero attached hydrogens (tertiary/aromatic N) is 5. The third-order valence-electron chi connectivity index (χ3n) is 5.34. The van der Waals surface area contributed by atoms with E-state index >= 15 is 0 Å². The highest BCUT2D eigenvalue weighted by molar-refractivity contribution is 8.02. The number of alkyl halides is 3. The van der Waals surface area contributed by atoms with Crippen molar-refractivity contribution in [2.75, 3.05) is 11.1 Å². The molecule has 0 amide bonds. The molecule has 0 fully saturated rings. The van der Waals surface area contributed by atoms with Crippen molar-refractivity contribution < 1.29 is 26.3 Å². The highest BCUT2D eigenvalue weighted by Gasteiger charge is 2.26. The number of rotatable bonds is 8. The molecule has 0 saturated heterocycles. The van der Waals surface area contributed by atoms with Crippen LogP contribution >= 0.6 is 23.4 Å². The van der Waals surface area contributed by atoms with E-state index in [-0.39, 0.29) is 22.5 Å². The van der Waals surface area contributed by atoms with Crippen molar-refractivity contribution in [1.82, 2.24) is 23.9 Å². The number of thioether (sulfide) groups is 1. The van der Waals surface area contributed by atoms with Crippen LogP contribution in [0.25, 0.3) is 10.9 Å². The molecular weight excluding hydrogens is 588 g/mol. The van der Waals surface area contributed by atoms with Crippen LogP contribution in [0.2, 0.25) is 5.02 Å². The van der Waals surface area contributed by atoms with Crippen molar-refractivity contribution in [1.29, 1.82) is 0 Å². The van der Waals surface area contributed by atoms with E-state index in [2.05, 4.69) is 15.4 Å². The smallest absolute Gasteiger partial charge is 0.398 e. The number of allylic oxidation sites excluding steroid dienone is 1. The Morgan fingerprint density at radius 3 is 2.50 bits per heavy atom. The number of nitrogens with two attached hydrogens (primary N) is 1. The van der Waals surface area contributed by atoms with Crippen molar-refractivity contribution in [3.63, 3.8) is 0 Å². The lowest BCUT2D eigenvalue weighted by atomic mass is 10.2. The minimum atomic E-state index is -4.48. The molecule has 4 aromatic rings. The molecule has 0 bridgehead atoms. The van der Waals surface area contributed by atoms with Crippen LogP contribution in [0.1, 0.15) is 5.56 Å². The van der Waals surface area contributed by atoms with E-state index in [1.165, 1.54) is 10.7 Å². The predicted molar refractivity (Wildman–Crippen MR) is 138 cm³/mol. The lowest BCUT2D eigenvalue weighted by Crippen LogP contribution is -2.43. The van der Waals surface area contributed by atoms with Crippen LogP contribution in [0.5, 0.6) is 0 Å². The monoisotopic (exact) mass is 605 g/mol. The second-order valence-electron chi connectivity index (χ2n) is 8.47. The summed E-state index contributed by atoms with van der Waals surface area (Å²) in [5.41, 5.74) is 3.42. The van der Waals surface area contributed by atoms with Gasteiger partial charge in [-0.25, -0.2) is 27.3 Å². The van der Waals surface area contributed by atoms with Gasteiger partial charge in [0.2, 0.25) is 5.95 Å². The molecule has 0 radical (unpaired) electrons. The van der Waals surface area contributed by atoms with Gasteiger partial charge < -0.3 is 11.1 Å². The number of benzene rings is 2. The van der Waals surface area contributed by atoms with E-state index in [0.717, 1.165) is 9.98 Å². The van der Waals surface area contributed by atoms with Gasteiger partial charge in [0.05, 0.1) is 35.1 Å². The molecule has 3 N–H and O–H groups in total. The first-order valence-corrected chi connectivity index (χ1v) is 12.5. The summed E-state index contributed by atoms with van der Waals surface area (Å²) in [6, 6.07) is 3.87. The van der Waals surface area contributed by atoms with E-state index in [1.54, 1.807) is 19.3 Å². The standard InChI is InChI=1S/C23H18ClF6N7O2S/c1-35-6-12-3-19(14(24)4-18(12)34-35)32-20-33-21(38)37(8-13(31)9-40-10-23(28,29)30)22(39)36(20)7-11-2-16(26)17(27)5-15(11)25/h2-6,9H,7-8,10,31H2,1H3,(H,32,33,38)/b13-9-. The third-order valence-corrected chi connectivity index (χ3v) is 6.62. The average molecular weight is 606 g/mol. The first kappa shape index (κ1) is 29.1. The van der Waals surface area contributed by atoms with E-state index < -0.39 is 65.4 Å². The number of fused-ring (bicyclic) bond motifs is 1. The number of hydrogen-bond acceptors (Lipinski definition) is 7. The Bertz CT molecular complexity index is 1750. The van der Waals surface area contributed by atoms with Gasteiger partial charge in [0.15, 0.2) is 11.6 Å². The molecule has 0 aliphatic rings. The van der Waals surface area contributed by atoms with Gasteiger partial charge in [-0.1, -0.05) is 11.6 Å². The topological polar surface area (TPSA) is 113 Å². The van der Waals surface area contributed by atoms with E-state index in [1.807, 2.05) is 0 Å². The first-order chi connectivity index (χ1) is 18.7. The zero-order valence-corrected chi connectivity index (χ0v) is 21.8. The number of halogens is 7. The van der Waals surface area contributed by atoms with Crippen LogP contribution in [0, 0.1) is 17.5 Å². The number of aromatic nitrogens is 5. The first-order valence-electron chi connectivity index (χ1n) is 11.1. The molecule has 0 unspecified atom stereocenters. The van der Waals surface area contributed by atoms with E-state index in [0.29, 0.717) is 33.3 Å². The fourth-order valence-corrected chi connectivity index (χ4v) is 4.37. The molecule has 0 aliphatic heterocycles. The molecule has 0 saturated carbocycles. The van der Waals surface area contributed by atoms with Crippen LogP contribution in [-0.4, -0.2) is 35.8 Å². The molecule has 0 spiro atoms. The number of anilines is 2. The van der Waals surface area contributed by atoms with Crippen LogP contribution in [0.4, 0.5) is 38.0 Å². The average Bonchev–Trinajstić information content (AvgIpc) is 3.20. The number of aryl methyl sites for hydroxylation is 1. The van der Waals surface area contributed by atoms with E-state index in [4.69, 9.17) is 17.3 Å². The van der Waals surface area contributed by atoms with Gasteiger partial charge in [0, 0.05) is 36.0 Å². The molecule has 0 atom stereocenters. The maximum atomic E-state index is 14.5. The summed E-state index contributed by atoms with van der Waals surface area (Å²) in [6.45, 7) is -1.38. The van der Waals surface area contributed by atoms with Crippen LogP contribution < -0.4 is 22.4 Å². The molecule has 9 nitrogen and oxygen atoms in total. The molecular formula is C23H18ClF6N7O2S. The van der Waals surface area contributed by atoms with Crippen LogP contribution in [0.15, 0.2) is 51.2 Å². The highest BCUT2D eigenvalue weighted by Crippen LogP contribution is 2.29. The fourth-order valence-electron chi connectivity index (χ4n) is 3.61. The Balaban J connectivity index is 1.79. The summed E-state index contributed by atoms with van der Waals surface area (Å²) >= 11 is 6.63. The van der Waals surface area contributed by atoms with Gasteiger partial charge in [0.1, 0.15) is 5.82 Å². The Morgan fingerprint density at radius 1 is 1.10 bits per heavy atom. The maximum Gasteiger partial charge on any atom is 0.398 e. The van der Waals surface area contributed by atoms with Gasteiger partial charge in [0.25, 0.3) is 0 Å². The Morgan fingerprint density at radius 2 is 1.80 bits per heavy atom. The van der Waals surface area contributed by atoms with Crippen molar-refractivity contribution in [3.05, 3.63) is 90.6 Å². The lowest BCUT2D eigenvalue weighted by Gasteiger charge is -2.17. The van der Waals surface area contributed by atoms with Crippen molar-refractivity contribution in [3.8, 4) is 0 Å². The molecule has 17 heteroatoms. The van der Waals surface area contributed by atoms with Crippen molar-refractivity contribution in [2.45, 2.75) is 19.3 Å². The van der Waals surface area contributed by atoms with Crippen LogP contribution in [-0.2, 0) is 20.1 Å². The summed E-state index contributed by atoms with van der Waals surface area (Å²) in [6.07, 6.45) is -2.81. The van der Waals surface area contributed by atoms with Gasteiger partial charge in [-0.3, -0.25) is 9.25 Å². The second-order valence-corrected chi connectivity index (χ2v) is 9.73. The quantitative estimate of drug-likeness (QED) is 0.228. The molecule has 4 rings (SSSR count). The Hall–Kier alpha value is -3.92. The molecule has 2 aromatic carbocycles. The summed E-state index contributed by atoms with van der Waals surface area (Å²) in [5, 5.41) is 8.60. The molecule has 2 heterocycles. The minimum absolute atomic E-state index is 0.115.